The van der Waals surface area contributed by atoms with Gasteiger partial charge in [-0.05, 0) is 66.0 Å². The fourth-order valence-corrected chi connectivity index (χ4v) is 6.90. The molecule has 2 aliphatic rings. The Bertz CT molecular complexity index is 1090. The second-order valence-electron chi connectivity index (χ2n) is 8.07. The van der Waals surface area contributed by atoms with E-state index in [0.29, 0.717) is 36.3 Å². The molecule has 1 atom stereocenters. The van der Waals surface area contributed by atoms with Crippen molar-refractivity contribution < 1.29 is 13.2 Å². The third-order valence-corrected chi connectivity index (χ3v) is 8.81. The van der Waals surface area contributed by atoms with Gasteiger partial charge in [0.15, 0.2) is 0 Å². The molecule has 2 aromatic carbocycles. The first-order valence-electron chi connectivity index (χ1n) is 10.1. The van der Waals surface area contributed by atoms with E-state index in [1.807, 2.05) is 6.07 Å². The van der Waals surface area contributed by atoms with Crippen molar-refractivity contribution in [1.82, 2.24) is 4.31 Å². The number of nitrogens with zero attached hydrogens (tertiary/aromatic N) is 3. The fraction of sp³-hybridized carbons (Fsp3) is 0.409. The molecule has 6 nitrogen and oxygen atoms in total. The number of fused-ring (bicyclic) bond motifs is 1. The summed E-state index contributed by atoms with van der Waals surface area (Å²) in [6.45, 7) is 7.67. The molecule has 0 spiro atoms. The number of rotatable bonds is 3. The number of hydrogen-bond donors (Lipinski definition) is 0. The zero-order valence-electron chi connectivity index (χ0n) is 17.4. The molecular weight excluding hydrogens is 466 g/mol. The third-order valence-electron chi connectivity index (χ3n) is 5.98. The molecule has 0 saturated carbocycles. The second kappa shape index (κ2) is 7.98. The Morgan fingerprint density at radius 2 is 1.80 bits per heavy atom. The number of carbonyl (C=O) groups is 1. The predicted molar refractivity (Wildman–Crippen MR) is 123 cm³/mol. The summed E-state index contributed by atoms with van der Waals surface area (Å²) in [4.78, 5) is 16.1. The number of piperazine rings is 1. The summed E-state index contributed by atoms with van der Waals surface area (Å²) in [6.07, 6.45) is 0.736. The zero-order chi connectivity index (χ0) is 21.6. The number of amides is 1. The van der Waals surface area contributed by atoms with Crippen molar-refractivity contribution in [2.24, 2.45) is 0 Å². The van der Waals surface area contributed by atoms with Crippen LogP contribution in [0, 0.1) is 6.92 Å². The zero-order valence-corrected chi connectivity index (χ0v) is 19.8. The molecule has 0 unspecified atom stereocenters. The Balaban J connectivity index is 1.60. The van der Waals surface area contributed by atoms with Gasteiger partial charge >= 0.3 is 0 Å². The van der Waals surface area contributed by atoms with Crippen molar-refractivity contribution >= 4 is 43.2 Å². The second-order valence-corrected chi connectivity index (χ2v) is 10.8. The summed E-state index contributed by atoms with van der Waals surface area (Å²) in [6, 6.07) is 11.9. The monoisotopic (exact) mass is 491 g/mol. The average Bonchev–Trinajstić information content (AvgIpc) is 3.11. The van der Waals surface area contributed by atoms with Crippen LogP contribution < -0.4 is 9.80 Å². The van der Waals surface area contributed by atoms with Crippen LogP contribution in [0.3, 0.4) is 0 Å². The molecule has 2 aromatic rings. The highest BCUT2D eigenvalue weighted by Gasteiger charge is 2.35. The van der Waals surface area contributed by atoms with Gasteiger partial charge in [-0.1, -0.05) is 17.7 Å². The Kier molecular flexibility index (Phi) is 5.67. The van der Waals surface area contributed by atoms with Gasteiger partial charge in [-0.3, -0.25) is 4.79 Å². The molecule has 1 saturated heterocycles. The number of sulfonamides is 1. The number of anilines is 2. The van der Waals surface area contributed by atoms with E-state index in [2.05, 4.69) is 58.9 Å². The van der Waals surface area contributed by atoms with E-state index in [1.54, 1.807) is 15.3 Å². The van der Waals surface area contributed by atoms with Gasteiger partial charge in [0.05, 0.1) is 4.90 Å². The van der Waals surface area contributed by atoms with Crippen molar-refractivity contribution in [3.63, 3.8) is 0 Å². The van der Waals surface area contributed by atoms with Crippen LogP contribution in [0.15, 0.2) is 45.8 Å². The maximum absolute atomic E-state index is 13.5. The molecule has 0 radical (unpaired) electrons. The molecule has 2 heterocycles. The molecule has 8 heteroatoms. The first-order valence-corrected chi connectivity index (χ1v) is 12.4. The number of carbonyl (C=O) groups excluding carboxylic acids is 1. The molecule has 30 heavy (non-hydrogen) atoms. The van der Waals surface area contributed by atoms with Crippen molar-refractivity contribution in [1.29, 1.82) is 0 Å². The SMILES string of the molecule is CC(=O)N1CCc2cc(Br)c(S(=O)(=O)N3CCN(c4ccc(C)cc4)[C@H](C)C3)cc21. The molecule has 4 rings (SSSR count). The standard InChI is InChI=1S/C22H26BrN3O3S/c1-15-4-6-19(7-5-15)25-11-10-24(14-16(25)2)30(28,29)22-13-21-18(12-20(22)23)8-9-26(21)17(3)27/h4-7,12-13,16H,8-11,14H2,1-3H3/t16-/m1/s1. The molecular formula is C22H26BrN3O3S. The lowest BCUT2D eigenvalue weighted by Gasteiger charge is -2.40. The number of aryl methyl sites for hydroxylation is 1. The summed E-state index contributed by atoms with van der Waals surface area (Å²) in [5, 5.41) is 0. The minimum Gasteiger partial charge on any atom is -0.366 e. The minimum absolute atomic E-state index is 0.0538. The van der Waals surface area contributed by atoms with Gasteiger partial charge in [0.2, 0.25) is 15.9 Å². The highest BCUT2D eigenvalue weighted by atomic mass is 79.9. The summed E-state index contributed by atoms with van der Waals surface area (Å²) in [5.74, 6) is -0.0697. The summed E-state index contributed by atoms with van der Waals surface area (Å²) < 4.78 is 29.1. The van der Waals surface area contributed by atoms with Gasteiger partial charge in [-0.2, -0.15) is 4.31 Å². The van der Waals surface area contributed by atoms with Crippen LogP contribution in [-0.2, 0) is 21.2 Å². The van der Waals surface area contributed by atoms with Crippen molar-refractivity contribution in [2.45, 2.75) is 38.1 Å². The third kappa shape index (κ3) is 3.76. The molecule has 160 valence electrons. The molecule has 2 aliphatic heterocycles. The summed E-state index contributed by atoms with van der Waals surface area (Å²) in [5.41, 5.74) is 4.01. The van der Waals surface area contributed by atoms with Crippen LogP contribution in [0.1, 0.15) is 25.0 Å². The van der Waals surface area contributed by atoms with E-state index >= 15 is 0 Å². The van der Waals surface area contributed by atoms with Gasteiger partial charge in [-0.25, -0.2) is 8.42 Å². The summed E-state index contributed by atoms with van der Waals surface area (Å²) >= 11 is 3.46. The van der Waals surface area contributed by atoms with Crippen LogP contribution >= 0.6 is 15.9 Å². The van der Waals surface area contributed by atoms with Crippen molar-refractivity contribution in [3.05, 3.63) is 52.0 Å². The average molecular weight is 492 g/mol. The van der Waals surface area contributed by atoms with E-state index in [0.717, 1.165) is 17.7 Å². The van der Waals surface area contributed by atoms with Crippen LogP contribution in [0.4, 0.5) is 11.4 Å². The lowest BCUT2D eigenvalue weighted by Crippen LogP contribution is -2.53. The first-order chi connectivity index (χ1) is 14.2. The van der Waals surface area contributed by atoms with E-state index in [-0.39, 0.29) is 16.8 Å². The number of benzene rings is 2. The lowest BCUT2D eigenvalue weighted by atomic mass is 10.1. The van der Waals surface area contributed by atoms with Crippen LogP contribution in [0.5, 0.6) is 0 Å². The largest absolute Gasteiger partial charge is 0.366 e. The topological polar surface area (TPSA) is 60.9 Å². The number of halogens is 1. The Morgan fingerprint density at radius 1 is 1.10 bits per heavy atom. The van der Waals surface area contributed by atoms with Crippen molar-refractivity contribution in [2.75, 3.05) is 36.0 Å². The quantitative estimate of drug-likeness (QED) is 0.658. The first kappa shape index (κ1) is 21.3. The van der Waals surface area contributed by atoms with Gasteiger partial charge < -0.3 is 9.80 Å². The van der Waals surface area contributed by atoms with Gasteiger partial charge in [-0.15, -0.1) is 0 Å². The van der Waals surface area contributed by atoms with Crippen LogP contribution in [0.25, 0.3) is 0 Å². The Morgan fingerprint density at radius 3 is 2.43 bits per heavy atom. The predicted octanol–water partition coefficient (Wildman–Crippen LogP) is 3.57. The smallest absolute Gasteiger partial charge is 0.244 e. The van der Waals surface area contributed by atoms with Crippen LogP contribution in [0.2, 0.25) is 0 Å². The maximum atomic E-state index is 13.5. The Hall–Kier alpha value is -1.90. The highest BCUT2D eigenvalue weighted by Crippen LogP contribution is 2.37. The molecule has 0 bridgehead atoms. The van der Waals surface area contributed by atoms with E-state index in [1.165, 1.54) is 12.5 Å². The maximum Gasteiger partial charge on any atom is 0.244 e. The van der Waals surface area contributed by atoms with E-state index in [4.69, 9.17) is 0 Å². The normalized spacial score (nSPS) is 19.8. The summed E-state index contributed by atoms with van der Waals surface area (Å²) in [7, 11) is -3.69. The molecule has 0 N–H and O–H groups in total. The van der Waals surface area contributed by atoms with Crippen LogP contribution in [-0.4, -0.2) is 50.9 Å². The molecule has 0 aliphatic carbocycles. The van der Waals surface area contributed by atoms with Crippen molar-refractivity contribution in [3.8, 4) is 0 Å². The van der Waals surface area contributed by atoms with Gasteiger partial charge in [0, 0.05) is 55.0 Å². The highest BCUT2D eigenvalue weighted by molar-refractivity contribution is 9.10. The van der Waals surface area contributed by atoms with E-state index in [9.17, 15) is 13.2 Å². The number of hydrogen-bond acceptors (Lipinski definition) is 4. The van der Waals surface area contributed by atoms with E-state index < -0.39 is 10.0 Å². The minimum atomic E-state index is -3.69. The fourth-order valence-electron chi connectivity index (χ4n) is 4.31. The molecule has 1 fully saturated rings. The lowest BCUT2D eigenvalue weighted by molar-refractivity contribution is -0.116. The molecule has 0 aromatic heterocycles. The van der Waals surface area contributed by atoms with Gasteiger partial charge in [0.1, 0.15) is 0 Å². The molecule has 1 amide bonds. The Labute approximate surface area is 186 Å². The van der Waals surface area contributed by atoms with Gasteiger partial charge in [0.25, 0.3) is 0 Å².